The molecule has 0 bridgehead atoms. The minimum atomic E-state index is -3.55. The second-order valence-electron chi connectivity index (χ2n) is 8.48. The molecule has 0 aromatic heterocycles. The zero-order valence-electron chi connectivity index (χ0n) is 17.1. The van der Waals surface area contributed by atoms with Crippen LogP contribution in [0.2, 0.25) is 0 Å². The van der Waals surface area contributed by atoms with Gasteiger partial charge < -0.3 is 10.4 Å². The number of benzene rings is 2. The summed E-state index contributed by atoms with van der Waals surface area (Å²) in [6, 6.07) is 13.2. The Hall–Kier alpha value is -2.38. The summed E-state index contributed by atoms with van der Waals surface area (Å²) < 4.78 is 27.4. The standard InChI is InChI=1S/C22H28N2O4S/c1-22(2,3)17-7-9-20(10-8-17)29(27,28)24-13-11-18(12-14-24)23-21(26)16-5-4-6-19(25)15-16/h4-10,15,18,25H,11-14H2,1-3H3,(H,23,26). The third-order valence-corrected chi connectivity index (χ3v) is 7.17. The van der Waals surface area contributed by atoms with Crippen LogP contribution in [0.25, 0.3) is 0 Å². The monoisotopic (exact) mass is 416 g/mol. The molecule has 0 saturated carbocycles. The Bertz CT molecular complexity index is 971. The molecule has 1 fully saturated rings. The molecule has 6 nitrogen and oxygen atoms in total. The van der Waals surface area contributed by atoms with Gasteiger partial charge in [0.15, 0.2) is 0 Å². The van der Waals surface area contributed by atoms with Crippen molar-refractivity contribution in [1.29, 1.82) is 0 Å². The molecule has 2 aromatic carbocycles. The molecular weight excluding hydrogens is 388 g/mol. The number of nitrogens with zero attached hydrogens (tertiary/aromatic N) is 1. The summed E-state index contributed by atoms with van der Waals surface area (Å²) in [4.78, 5) is 12.6. The number of sulfonamides is 1. The second kappa shape index (κ2) is 8.16. The van der Waals surface area contributed by atoms with Gasteiger partial charge in [-0.05, 0) is 54.2 Å². The first kappa shape index (κ1) is 21.3. The van der Waals surface area contributed by atoms with Crippen LogP contribution in [-0.4, -0.2) is 42.9 Å². The molecule has 1 saturated heterocycles. The average molecular weight is 417 g/mol. The number of piperidine rings is 1. The average Bonchev–Trinajstić information content (AvgIpc) is 2.68. The van der Waals surface area contributed by atoms with Gasteiger partial charge in [0.2, 0.25) is 10.0 Å². The fourth-order valence-electron chi connectivity index (χ4n) is 3.43. The molecule has 156 valence electrons. The lowest BCUT2D eigenvalue weighted by Crippen LogP contribution is -2.46. The summed E-state index contributed by atoms with van der Waals surface area (Å²) >= 11 is 0. The van der Waals surface area contributed by atoms with Gasteiger partial charge in [0, 0.05) is 24.7 Å². The predicted octanol–water partition coefficient (Wildman–Crippen LogP) is 3.27. The van der Waals surface area contributed by atoms with Crippen molar-refractivity contribution in [2.45, 2.75) is 50.0 Å². The molecule has 0 spiro atoms. The van der Waals surface area contributed by atoms with Crippen molar-refractivity contribution < 1.29 is 18.3 Å². The molecule has 3 rings (SSSR count). The van der Waals surface area contributed by atoms with Crippen LogP contribution in [-0.2, 0) is 15.4 Å². The molecular formula is C22H28N2O4S. The molecule has 1 aliphatic heterocycles. The fourth-order valence-corrected chi connectivity index (χ4v) is 4.90. The highest BCUT2D eigenvalue weighted by Gasteiger charge is 2.30. The Labute approximate surface area is 172 Å². The first-order valence-electron chi connectivity index (χ1n) is 9.78. The van der Waals surface area contributed by atoms with E-state index in [0.717, 1.165) is 5.56 Å². The van der Waals surface area contributed by atoms with Crippen LogP contribution in [0.1, 0.15) is 49.5 Å². The largest absolute Gasteiger partial charge is 0.508 e. The number of phenols is 1. The molecule has 7 heteroatoms. The fraction of sp³-hybridized carbons (Fsp3) is 0.409. The number of rotatable bonds is 4. The maximum Gasteiger partial charge on any atom is 0.251 e. The van der Waals surface area contributed by atoms with Crippen molar-refractivity contribution in [2.24, 2.45) is 0 Å². The first-order valence-corrected chi connectivity index (χ1v) is 11.2. The summed E-state index contributed by atoms with van der Waals surface area (Å²) in [6.45, 7) is 6.98. The van der Waals surface area contributed by atoms with E-state index in [2.05, 4.69) is 26.1 Å². The van der Waals surface area contributed by atoms with Gasteiger partial charge in [0.05, 0.1) is 4.90 Å². The molecule has 1 amide bonds. The topological polar surface area (TPSA) is 86.7 Å². The van der Waals surface area contributed by atoms with Crippen LogP contribution in [0.5, 0.6) is 5.75 Å². The first-order chi connectivity index (χ1) is 13.6. The summed E-state index contributed by atoms with van der Waals surface area (Å²) in [5.74, 6) is -0.226. The number of amides is 1. The summed E-state index contributed by atoms with van der Waals surface area (Å²) in [5, 5.41) is 12.4. The van der Waals surface area contributed by atoms with Crippen LogP contribution >= 0.6 is 0 Å². The van der Waals surface area contributed by atoms with Gasteiger partial charge in [-0.3, -0.25) is 4.79 Å². The van der Waals surface area contributed by atoms with Crippen molar-refractivity contribution >= 4 is 15.9 Å². The number of hydrogen-bond donors (Lipinski definition) is 2. The highest BCUT2D eigenvalue weighted by molar-refractivity contribution is 7.89. The zero-order chi connectivity index (χ0) is 21.2. The van der Waals surface area contributed by atoms with Gasteiger partial charge in [-0.2, -0.15) is 4.31 Å². The minimum Gasteiger partial charge on any atom is -0.508 e. The predicted molar refractivity (Wildman–Crippen MR) is 112 cm³/mol. The lowest BCUT2D eigenvalue weighted by Gasteiger charge is -2.31. The van der Waals surface area contributed by atoms with E-state index in [-0.39, 0.29) is 23.1 Å². The van der Waals surface area contributed by atoms with E-state index in [0.29, 0.717) is 36.4 Å². The molecule has 29 heavy (non-hydrogen) atoms. The summed E-state index contributed by atoms with van der Waals surface area (Å²) in [6.07, 6.45) is 1.09. The maximum atomic E-state index is 12.9. The highest BCUT2D eigenvalue weighted by Crippen LogP contribution is 2.26. The Morgan fingerprint density at radius 2 is 1.69 bits per heavy atom. The molecule has 0 radical (unpaired) electrons. The molecule has 2 aromatic rings. The lowest BCUT2D eigenvalue weighted by atomic mass is 9.87. The summed E-state index contributed by atoms with van der Waals surface area (Å²) in [7, 11) is -3.55. The Morgan fingerprint density at radius 1 is 1.07 bits per heavy atom. The normalized spacial score (nSPS) is 16.5. The second-order valence-corrected chi connectivity index (χ2v) is 10.4. The molecule has 1 aliphatic rings. The Kier molecular flexibility index (Phi) is 6.00. The van der Waals surface area contributed by atoms with Gasteiger partial charge in [-0.15, -0.1) is 0 Å². The van der Waals surface area contributed by atoms with Crippen LogP contribution in [0.3, 0.4) is 0 Å². The maximum absolute atomic E-state index is 12.9. The van der Waals surface area contributed by atoms with Crippen LogP contribution in [0.15, 0.2) is 53.4 Å². The van der Waals surface area contributed by atoms with Crippen LogP contribution < -0.4 is 5.32 Å². The Balaban J connectivity index is 1.61. The van der Waals surface area contributed by atoms with Crippen molar-refractivity contribution in [3.05, 3.63) is 59.7 Å². The van der Waals surface area contributed by atoms with Crippen molar-refractivity contribution in [2.75, 3.05) is 13.1 Å². The number of carbonyl (C=O) groups excluding carboxylic acids is 1. The Morgan fingerprint density at radius 3 is 2.24 bits per heavy atom. The third kappa shape index (κ3) is 4.97. The molecule has 1 heterocycles. The quantitative estimate of drug-likeness (QED) is 0.801. The lowest BCUT2D eigenvalue weighted by molar-refractivity contribution is 0.0923. The number of aromatic hydroxyl groups is 1. The number of hydrogen-bond acceptors (Lipinski definition) is 4. The van der Waals surface area contributed by atoms with E-state index < -0.39 is 10.0 Å². The van der Waals surface area contributed by atoms with Gasteiger partial charge in [0.1, 0.15) is 5.75 Å². The molecule has 0 atom stereocenters. The van der Waals surface area contributed by atoms with E-state index in [1.54, 1.807) is 24.3 Å². The van der Waals surface area contributed by atoms with Crippen LogP contribution in [0.4, 0.5) is 0 Å². The van der Waals surface area contributed by atoms with Gasteiger partial charge in [0.25, 0.3) is 5.91 Å². The van der Waals surface area contributed by atoms with Crippen molar-refractivity contribution in [1.82, 2.24) is 9.62 Å². The number of carbonyl (C=O) groups is 1. The van der Waals surface area contributed by atoms with E-state index >= 15 is 0 Å². The van der Waals surface area contributed by atoms with Gasteiger partial charge in [-0.1, -0.05) is 39.0 Å². The third-order valence-electron chi connectivity index (χ3n) is 5.26. The number of phenolic OH excluding ortho intramolecular Hbond substituents is 1. The SMILES string of the molecule is CC(C)(C)c1ccc(S(=O)(=O)N2CCC(NC(=O)c3cccc(O)c3)CC2)cc1. The minimum absolute atomic E-state index is 0.0333. The molecule has 0 aliphatic carbocycles. The van der Waals surface area contributed by atoms with Gasteiger partial charge in [-0.25, -0.2) is 8.42 Å². The van der Waals surface area contributed by atoms with Crippen molar-refractivity contribution in [3.63, 3.8) is 0 Å². The van der Waals surface area contributed by atoms with Gasteiger partial charge >= 0.3 is 0 Å². The zero-order valence-corrected chi connectivity index (χ0v) is 17.9. The molecule has 2 N–H and O–H groups in total. The smallest absolute Gasteiger partial charge is 0.251 e. The van der Waals surface area contributed by atoms with E-state index in [1.807, 2.05) is 12.1 Å². The summed E-state index contributed by atoms with van der Waals surface area (Å²) in [5.41, 5.74) is 1.44. The van der Waals surface area contributed by atoms with E-state index in [4.69, 9.17) is 0 Å². The number of nitrogens with one attached hydrogen (secondary N) is 1. The van der Waals surface area contributed by atoms with E-state index in [1.165, 1.54) is 16.4 Å². The molecule has 0 unspecified atom stereocenters. The van der Waals surface area contributed by atoms with Crippen molar-refractivity contribution in [3.8, 4) is 5.75 Å². The van der Waals surface area contributed by atoms with Crippen LogP contribution in [0, 0.1) is 0 Å². The van der Waals surface area contributed by atoms with E-state index in [9.17, 15) is 18.3 Å². The highest BCUT2D eigenvalue weighted by atomic mass is 32.2.